The monoisotopic (exact) mass is 430 g/mol. The Balaban J connectivity index is 1.90. The van der Waals surface area contributed by atoms with E-state index >= 15 is 0 Å². The van der Waals surface area contributed by atoms with E-state index in [1.165, 1.54) is 5.57 Å². The first-order chi connectivity index (χ1) is 14.8. The van der Waals surface area contributed by atoms with E-state index in [2.05, 4.69) is 37.5 Å². The molecule has 1 aliphatic rings. The van der Waals surface area contributed by atoms with Gasteiger partial charge in [0.15, 0.2) is 0 Å². The van der Waals surface area contributed by atoms with Crippen LogP contribution in [0, 0.1) is 23.7 Å². The van der Waals surface area contributed by atoms with Crippen molar-refractivity contribution in [1.29, 1.82) is 0 Å². The van der Waals surface area contributed by atoms with Gasteiger partial charge in [0.25, 0.3) is 0 Å². The van der Waals surface area contributed by atoms with Crippen LogP contribution in [-0.4, -0.2) is 39.2 Å². The molecule has 2 amide bonds. The molecule has 0 aromatic heterocycles. The minimum atomic E-state index is 0.0236. The van der Waals surface area contributed by atoms with Gasteiger partial charge in [-0.1, -0.05) is 37.6 Å². The number of amides is 2. The molecule has 0 bridgehead atoms. The van der Waals surface area contributed by atoms with Crippen LogP contribution in [0.1, 0.15) is 45.6 Å². The van der Waals surface area contributed by atoms with Gasteiger partial charge in [0.1, 0.15) is 5.75 Å². The van der Waals surface area contributed by atoms with Gasteiger partial charge in [0.2, 0.25) is 11.8 Å². The molecule has 1 aromatic carbocycles. The Hall–Kier alpha value is -2.34. The highest BCUT2D eigenvalue weighted by atomic mass is 16.5. The first-order valence-corrected chi connectivity index (χ1v) is 11.2. The molecule has 3 atom stereocenters. The Labute approximate surface area is 186 Å². The number of carbonyl (C=O) groups is 2. The van der Waals surface area contributed by atoms with Gasteiger partial charge in [-0.3, -0.25) is 9.59 Å². The maximum absolute atomic E-state index is 12.6. The highest BCUT2D eigenvalue weighted by Crippen LogP contribution is 2.38. The van der Waals surface area contributed by atoms with Gasteiger partial charge in [-0.25, -0.2) is 0 Å². The quantitative estimate of drug-likeness (QED) is 0.525. The molecule has 0 fully saturated rings. The molecule has 0 saturated heterocycles. The fourth-order valence-corrected chi connectivity index (χ4v) is 4.26. The van der Waals surface area contributed by atoms with Crippen LogP contribution in [0.25, 0.3) is 0 Å². The van der Waals surface area contributed by atoms with Crippen molar-refractivity contribution in [2.45, 2.75) is 46.6 Å². The lowest BCUT2D eigenvalue weighted by Crippen LogP contribution is -2.38. The summed E-state index contributed by atoms with van der Waals surface area (Å²) < 4.78 is 10.1. The molecular formula is C25H38N2O4. The summed E-state index contributed by atoms with van der Waals surface area (Å²) in [4.78, 5) is 24.6. The van der Waals surface area contributed by atoms with Gasteiger partial charge >= 0.3 is 0 Å². The van der Waals surface area contributed by atoms with Crippen molar-refractivity contribution in [2.75, 3.05) is 27.4 Å². The number of rotatable bonds is 11. The molecule has 0 spiro atoms. The largest absolute Gasteiger partial charge is 0.497 e. The lowest BCUT2D eigenvalue weighted by atomic mass is 9.69. The van der Waals surface area contributed by atoms with Gasteiger partial charge in [-0.2, -0.15) is 0 Å². The molecule has 6 heteroatoms. The molecule has 2 rings (SSSR count). The molecule has 2 N–H and O–H groups in total. The Morgan fingerprint density at radius 2 is 1.81 bits per heavy atom. The number of ether oxygens (including phenoxy) is 2. The summed E-state index contributed by atoms with van der Waals surface area (Å²) >= 11 is 0. The molecule has 0 radical (unpaired) electrons. The SMILES string of the molecule is COCCC(=O)NC[C@@H]1C=C(C)[C@H](CC(=O)NCc2ccc(OC)cc2)C[C@H]1C(C)C. The average molecular weight is 431 g/mol. The molecule has 1 aliphatic carbocycles. The van der Waals surface area contributed by atoms with Crippen molar-refractivity contribution >= 4 is 11.8 Å². The molecule has 0 aliphatic heterocycles. The summed E-state index contributed by atoms with van der Waals surface area (Å²) in [5.74, 6) is 2.36. The Morgan fingerprint density at radius 1 is 1.10 bits per heavy atom. The maximum atomic E-state index is 12.6. The van der Waals surface area contributed by atoms with E-state index in [-0.39, 0.29) is 17.7 Å². The third kappa shape index (κ3) is 8.02. The van der Waals surface area contributed by atoms with E-state index in [9.17, 15) is 9.59 Å². The van der Waals surface area contributed by atoms with Crippen molar-refractivity contribution in [3.05, 3.63) is 41.5 Å². The van der Waals surface area contributed by atoms with Crippen molar-refractivity contribution in [2.24, 2.45) is 23.7 Å². The van der Waals surface area contributed by atoms with E-state index in [1.807, 2.05) is 24.3 Å². The van der Waals surface area contributed by atoms with Gasteiger partial charge in [-0.15, -0.1) is 0 Å². The van der Waals surface area contributed by atoms with Crippen LogP contribution < -0.4 is 15.4 Å². The smallest absolute Gasteiger partial charge is 0.222 e. The lowest BCUT2D eigenvalue weighted by Gasteiger charge is -2.37. The summed E-state index contributed by atoms with van der Waals surface area (Å²) in [5.41, 5.74) is 2.29. The molecular weight excluding hydrogens is 392 g/mol. The van der Waals surface area contributed by atoms with Gasteiger partial charge in [-0.05, 0) is 54.7 Å². The molecule has 0 unspecified atom stereocenters. The maximum Gasteiger partial charge on any atom is 0.222 e. The normalized spacial score (nSPS) is 20.8. The summed E-state index contributed by atoms with van der Waals surface area (Å²) in [6.07, 6.45) is 4.12. The van der Waals surface area contributed by atoms with Gasteiger partial charge in [0.05, 0.1) is 13.7 Å². The van der Waals surface area contributed by atoms with E-state index in [1.54, 1.807) is 14.2 Å². The summed E-state index contributed by atoms with van der Waals surface area (Å²) in [6, 6.07) is 7.73. The third-order valence-electron chi connectivity index (χ3n) is 6.23. The predicted octanol–water partition coefficient (Wildman–Crippen LogP) is 3.71. The molecule has 172 valence electrons. The van der Waals surface area contributed by atoms with Crippen LogP contribution in [-0.2, 0) is 20.9 Å². The highest BCUT2D eigenvalue weighted by Gasteiger charge is 2.32. The van der Waals surface area contributed by atoms with Crippen LogP contribution in [0.2, 0.25) is 0 Å². The van der Waals surface area contributed by atoms with Crippen molar-refractivity contribution in [1.82, 2.24) is 10.6 Å². The van der Waals surface area contributed by atoms with E-state index in [4.69, 9.17) is 9.47 Å². The predicted molar refractivity (Wildman–Crippen MR) is 123 cm³/mol. The first kappa shape index (κ1) is 24.9. The van der Waals surface area contributed by atoms with Gasteiger partial charge in [0, 0.05) is 33.0 Å². The van der Waals surface area contributed by atoms with Crippen LogP contribution >= 0.6 is 0 Å². The lowest BCUT2D eigenvalue weighted by molar-refractivity contribution is -0.122. The Morgan fingerprint density at radius 3 is 2.42 bits per heavy atom. The van der Waals surface area contributed by atoms with E-state index < -0.39 is 0 Å². The number of methoxy groups -OCH3 is 2. The fourth-order valence-electron chi connectivity index (χ4n) is 4.26. The van der Waals surface area contributed by atoms with Crippen molar-refractivity contribution in [3.8, 4) is 5.75 Å². The second-order valence-corrected chi connectivity index (χ2v) is 8.79. The second kappa shape index (κ2) is 12.5. The number of benzene rings is 1. The molecule has 1 aromatic rings. The molecule has 0 heterocycles. The zero-order valence-corrected chi connectivity index (χ0v) is 19.6. The second-order valence-electron chi connectivity index (χ2n) is 8.79. The number of carbonyl (C=O) groups excluding carboxylic acids is 2. The minimum Gasteiger partial charge on any atom is -0.497 e. The fraction of sp³-hybridized carbons (Fsp3) is 0.600. The minimum absolute atomic E-state index is 0.0236. The van der Waals surface area contributed by atoms with E-state index in [0.717, 1.165) is 17.7 Å². The Bertz CT molecular complexity index is 742. The highest BCUT2D eigenvalue weighted by molar-refractivity contribution is 5.77. The van der Waals surface area contributed by atoms with Crippen LogP contribution in [0.15, 0.2) is 35.9 Å². The molecule has 31 heavy (non-hydrogen) atoms. The van der Waals surface area contributed by atoms with Crippen molar-refractivity contribution in [3.63, 3.8) is 0 Å². The zero-order valence-electron chi connectivity index (χ0n) is 19.6. The average Bonchev–Trinajstić information content (AvgIpc) is 2.76. The van der Waals surface area contributed by atoms with Crippen LogP contribution in [0.3, 0.4) is 0 Å². The zero-order chi connectivity index (χ0) is 22.8. The molecule has 6 nitrogen and oxygen atoms in total. The van der Waals surface area contributed by atoms with E-state index in [0.29, 0.717) is 50.3 Å². The topological polar surface area (TPSA) is 76.7 Å². The van der Waals surface area contributed by atoms with Crippen LogP contribution in [0.4, 0.5) is 0 Å². The third-order valence-corrected chi connectivity index (χ3v) is 6.23. The van der Waals surface area contributed by atoms with Crippen LogP contribution in [0.5, 0.6) is 5.75 Å². The number of nitrogens with one attached hydrogen (secondary N) is 2. The number of allylic oxidation sites excluding steroid dienone is 1. The Kier molecular flexibility index (Phi) is 10.0. The number of hydrogen-bond donors (Lipinski definition) is 2. The first-order valence-electron chi connectivity index (χ1n) is 11.2. The number of hydrogen-bond acceptors (Lipinski definition) is 4. The van der Waals surface area contributed by atoms with Gasteiger partial charge < -0.3 is 20.1 Å². The van der Waals surface area contributed by atoms with Crippen molar-refractivity contribution < 1.29 is 19.1 Å². The standard InChI is InChI=1S/C25H38N2O4/c1-17(2)23-13-20(18(3)12-21(23)16-27-24(28)10-11-30-4)14-25(29)26-15-19-6-8-22(31-5)9-7-19/h6-9,12,17,20-21,23H,10-11,13-16H2,1-5H3,(H,26,29)(H,27,28)/t20-,21-,23-/m0/s1. The summed E-state index contributed by atoms with van der Waals surface area (Å²) in [5, 5.41) is 6.09. The summed E-state index contributed by atoms with van der Waals surface area (Å²) in [6.45, 7) is 8.14. The summed E-state index contributed by atoms with van der Waals surface area (Å²) in [7, 11) is 3.24. The molecule has 0 saturated carbocycles.